The largest absolute Gasteiger partial charge is 0.466 e. The van der Waals surface area contributed by atoms with E-state index in [-0.39, 0.29) is 24.8 Å². The molecule has 4 aromatic carbocycles. The number of carbonyl (C=O) groups excluding carboxylic acids is 2. The molecule has 0 aliphatic heterocycles. The van der Waals surface area contributed by atoms with Gasteiger partial charge in [-0.25, -0.2) is 0 Å². The summed E-state index contributed by atoms with van der Waals surface area (Å²) >= 11 is 0. The molecule has 0 aliphatic rings. The normalized spacial score (nSPS) is 11.9. The molecule has 10 heteroatoms. The Morgan fingerprint density at radius 2 is 1.59 bits per heavy atom. The molecule has 49 heavy (non-hydrogen) atoms. The minimum atomic E-state index is -0.410. The number of nitrogens with zero attached hydrogens (tertiary/aromatic N) is 2. The average molecular weight is 655 g/mol. The zero-order chi connectivity index (χ0) is 33.7. The number of nitrogens with one attached hydrogen (secondary N) is 2. The summed E-state index contributed by atoms with van der Waals surface area (Å²) < 4.78 is 23.3. The number of carbonyl (C=O) groups is 2. The molecule has 1 amide bonds. The van der Waals surface area contributed by atoms with Crippen LogP contribution in [0.3, 0.4) is 0 Å². The van der Waals surface area contributed by atoms with Crippen molar-refractivity contribution >= 4 is 39.5 Å². The summed E-state index contributed by atoms with van der Waals surface area (Å²) in [6.07, 6.45) is 0.636. The molecule has 3 heterocycles. The molecule has 0 radical (unpaired) electrons. The Morgan fingerprint density at radius 3 is 2.35 bits per heavy atom. The van der Waals surface area contributed by atoms with Crippen LogP contribution in [0, 0.1) is 6.92 Å². The lowest BCUT2D eigenvalue weighted by Gasteiger charge is -2.17. The molecule has 7 rings (SSSR count). The summed E-state index contributed by atoms with van der Waals surface area (Å²) in [5.41, 5.74) is 5.75. The molecule has 3 aromatic heterocycles. The number of aryl methyl sites for hydroxylation is 1. The lowest BCUT2D eigenvalue weighted by molar-refractivity contribution is -0.142. The van der Waals surface area contributed by atoms with Crippen molar-refractivity contribution in [1.29, 1.82) is 0 Å². The summed E-state index contributed by atoms with van der Waals surface area (Å²) in [4.78, 5) is 24.3. The molecule has 10 nitrogen and oxygen atoms in total. The molecular weight excluding hydrogens is 620 g/mol. The van der Waals surface area contributed by atoms with Crippen LogP contribution < -0.4 is 10.6 Å². The Labute approximate surface area is 282 Å². The van der Waals surface area contributed by atoms with E-state index in [1.807, 2.05) is 85.8 Å². The zero-order valence-corrected chi connectivity index (χ0v) is 27.1. The van der Waals surface area contributed by atoms with E-state index in [0.29, 0.717) is 36.1 Å². The first-order valence-corrected chi connectivity index (χ1v) is 16.2. The van der Waals surface area contributed by atoms with Gasteiger partial charge >= 0.3 is 5.97 Å². The second-order valence-electron chi connectivity index (χ2n) is 11.6. The molecule has 7 aromatic rings. The quantitative estimate of drug-likeness (QED) is 0.125. The van der Waals surface area contributed by atoms with Crippen molar-refractivity contribution in [2.24, 2.45) is 0 Å². The third kappa shape index (κ3) is 6.94. The van der Waals surface area contributed by atoms with Crippen molar-refractivity contribution in [1.82, 2.24) is 15.5 Å². The molecule has 0 aliphatic carbocycles. The standard InChI is InChI=1S/C39H34N4O6/c1-3-46-35(44)20-21-40-37(45)27-16-18-29(19-17-27)41-31(38-42-43-39(49-38)36-24(2)30-9-5-7-11-33(30)48-36)22-25-12-14-26(15-13-25)34-23-28-8-4-6-10-32(28)47-34/h4-19,23,31,41H,3,20-22H2,1-2H3,(H,40,45)/t31-/m0/s1. The number of hydrogen-bond acceptors (Lipinski definition) is 9. The van der Waals surface area contributed by atoms with Crippen LogP contribution in [0.2, 0.25) is 0 Å². The van der Waals surface area contributed by atoms with Gasteiger partial charge in [0.2, 0.25) is 5.89 Å². The monoisotopic (exact) mass is 654 g/mol. The van der Waals surface area contributed by atoms with Crippen LogP contribution in [-0.2, 0) is 16.0 Å². The van der Waals surface area contributed by atoms with Crippen molar-refractivity contribution < 1.29 is 27.6 Å². The van der Waals surface area contributed by atoms with Gasteiger partial charge in [0.1, 0.15) is 23.0 Å². The van der Waals surface area contributed by atoms with E-state index < -0.39 is 6.04 Å². The molecule has 0 fully saturated rings. The second kappa shape index (κ2) is 13.9. The third-order valence-corrected chi connectivity index (χ3v) is 8.29. The van der Waals surface area contributed by atoms with Crippen LogP contribution in [0.15, 0.2) is 116 Å². The highest BCUT2D eigenvalue weighted by Crippen LogP contribution is 2.34. The molecule has 2 N–H and O–H groups in total. The number of hydrogen-bond donors (Lipinski definition) is 2. The SMILES string of the molecule is CCOC(=O)CCNC(=O)c1ccc(N[C@@H](Cc2ccc(-c3cc4ccccc4o3)cc2)c2nnc(-c3oc4ccccc4c3C)o2)cc1. The van der Waals surface area contributed by atoms with Gasteiger partial charge in [-0.1, -0.05) is 60.7 Å². The number of rotatable bonds is 12. The van der Waals surface area contributed by atoms with Crippen molar-refractivity contribution in [3.63, 3.8) is 0 Å². The van der Waals surface area contributed by atoms with Crippen LogP contribution >= 0.6 is 0 Å². The third-order valence-electron chi connectivity index (χ3n) is 8.29. The van der Waals surface area contributed by atoms with Gasteiger partial charge in [-0.2, -0.15) is 0 Å². The summed E-state index contributed by atoms with van der Waals surface area (Å²) in [7, 11) is 0. The van der Waals surface area contributed by atoms with Gasteiger partial charge in [0.25, 0.3) is 11.8 Å². The molecule has 1 atom stereocenters. The van der Waals surface area contributed by atoms with E-state index in [1.165, 1.54) is 0 Å². The number of aromatic nitrogens is 2. The molecule has 0 saturated heterocycles. The van der Waals surface area contributed by atoms with E-state index >= 15 is 0 Å². The topological polar surface area (TPSA) is 133 Å². The smallest absolute Gasteiger partial charge is 0.307 e. The molecule has 0 bridgehead atoms. The lowest BCUT2D eigenvalue weighted by Crippen LogP contribution is -2.26. The van der Waals surface area contributed by atoms with E-state index in [9.17, 15) is 9.59 Å². The number of benzene rings is 4. The maximum Gasteiger partial charge on any atom is 0.307 e. The number of anilines is 1. The lowest BCUT2D eigenvalue weighted by atomic mass is 10.0. The first-order chi connectivity index (χ1) is 23.9. The van der Waals surface area contributed by atoms with Gasteiger partial charge < -0.3 is 28.6 Å². The molecule has 0 saturated carbocycles. The molecule has 0 spiro atoms. The second-order valence-corrected chi connectivity index (χ2v) is 11.6. The van der Waals surface area contributed by atoms with E-state index in [4.69, 9.17) is 18.0 Å². The fourth-order valence-corrected chi connectivity index (χ4v) is 5.74. The predicted molar refractivity (Wildman–Crippen MR) is 186 cm³/mol. The van der Waals surface area contributed by atoms with Gasteiger partial charge in [0, 0.05) is 46.1 Å². The Balaban J connectivity index is 1.12. The summed E-state index contributed by atoms with van der Waals surface area (Å²) in [6.45, 7) is 4.22. The van der Waals surface area contributed by atoms with Gasteiger partial charge in [-0.05, 0) is 61.9 Å². The minimum Gasteiger partial charge on any atom is -0.466 e. The number of para-hydroxylation sites is 2. The Morgan fingerprint density at radius 1 is 0.837 bits per heavy atom. The highest BCUT2D eigenvalue weighted by molar-refractivity contribution is 5.94. The van der Waals surface area contributed by atoms with Gasteiger partial charge in [-0.3, -0.25) is 9.59 Å². The fourth-order valence-electron chi connectivity index (χ4n) is 5.74. The number of amides is 1. The number of furan rings is 2. The number of fused-ring (bicyclic) bond motifs is 2. The van der Waals surface area contributed by atoms with Crippen molar-refractivity contribution in [3.8, 4) is 23.0 Å². The van der Waals surface area contributed by atoms with Crippen LogP contribution in [0.25, 0.3) is 44.9 Å². The highest BCUT2D eigenvalue weighted by atomic mass is 16.5. The molecule has 246 valence electrons. The fraction of sp³-hybridized carbons (Fsp3) is 0.179. The first-order valence-electron chi connectivity index (χ1n) is 16.2. The van der Waals surface area contributed by atoms with Crippen LogP contribution in [0.1, 0.15) is 46.8 Å². The van der Waals surface area contributed by atoms with Gasteiger partial charge in [0.15, 0.2) is 5.76 Å². The van der Waals surface area contributed by atoms with E-state index in [1.54, 1.807) is 19.1 Å². The number of esters is 1. The Hall–Kier alpha value is -6.16. The first kappa shape index (κ1) is 31.4. The summed E-state index contributed by atoms with van der Waals surface area (Å²) in [5.74, 6) is 1.39. The van der Waals surface area contributed by atoms with Crippen LogP contribution in [-0.4, -0.2) is 35.2 Å². The molecule has 0 unspecified atom stereocenters. The van der Waals surface area contributed by atoms with Crippen molar-refractivity contribution in [2.45, 2.75) is 32.7 Å². The van der Waals surface area contributed by atoms with Crippen LogP contribution in [0.5, 0.6) is 0 Å². The predicted octanol–water partition coefficient (Wildman–Crippen LogP) is 8.28. The highest BCUT2D eigenvalue weighted by Gasteiger charge is 2.24. The maximum atomic E-state index is 12.7. The van der Waals surface area contributed by atoms with E-state index in [0.717, 1.165) is 50.1 Å². The van der Waals surface area contributed by atoms with E-state index in [2.05, 4.69) is 33.0 Å². The minimum absolute atomic E-state index is 0.111. The maximum absolute atomic E-state index is 12.7. The molecular formula is C39H34N4O6. The average Bonchev–Trinajstić information content (AvgIpc) is 3.86. The van der Waals surface area contributed by atoms with Crippen molar-refractivity contribution in [2.75, 3.05) is 18.5 Å². The Bertz CT molecular complexity index is 2200. The summed E-state index contributed by atoms with van der Waals surface area (Å²) in [6, 6.07) is 32.6. The summed E-state index contributed by atoms with van der Waals surface area (Å²) in [5, 5.41) is 17.1. The van der Waals surface area contributed by atoms with Gasteiger partial charge in [-0.15, -0.1) is 10.2 Å². The zero-order valence-electron chi connectivity index (χ0n) is 27.1. The van der Waals surface area contributed by atoms with Gasteiger partial charge in [0.05, 0.1) is 13.0 Å². The Kier molecular flexibility index (Phi) is 8.92. The van der Waals surface area contributed by atoms with Crippen molar-refractivity contribution in [3.05, 3.63) is 126 Å². The number of ether oxygens (including phenoxy) is 1. The van der Waals surface area contributed by atoms with Crippen LogP contribution in [0.4, 0.5) is 5.69 Å².